The van der Waals surface area contributed by atoms with E-state index >= 15 is 0 Å². The summed E-state index contributed by atoms with van der Waals surface area (Å²) >= 11 is 0. The second kappa shape index (κ2) is 12.7. The van der Waals surface area contributed by atoms with Gasteiger partial charge in [-0.05, 0) is 62.1 Å². The van der Waals surface area contributed by atoms with Crippen LogP contribution in [0.3, 0.4) is 0 Å². The van der Waals surface area contributed by atoms with E-state index in [0.717, 1.165) is 56.8 Å². The van der Waals surface area contributed by atoms with Crippen LogP contribution in [0.4, 0.5) is 4.39 Å². The first-order valence-electron chi connectivity index (χ1n) is 9.42. The van der Waals surface area contributed by atoms with Crippen molar-refractivity contribution in [3.63, 3.8) is 0 Å². The number of aryl methyl sites for hydroxylation is 1. The Morgan fingerprint density at radius 2 is 2.08 bits per heavy atom. The molecule has 4 nitrogen and oxygen atoms in total. The highest BCUT2D eigenvalue weighted by Gasteiger charge is 2.10. The van der Waals surface area contributed by atoms with Gasteiger partial charge in [0.1, 0.15) is 5.82 Å². The average molecular weight is 352 g/mol. The van der Waals surface area contributed by atoms with Gasteiger partial charge in [-0.15, -0.1) is 0 Å². The number of hydrogen-bond donors (Lipinski definition) is 3. The fraction of sp³-hybridized carbons (Fsp3) is 0.650. The number of halogens is 1. The first kappa shape index (κ1) is 21.4. The number of aliphatic hydroxyl groups is 1. The van der Waals surface area contributed by atoms with Crippen LogP contribution in [0.5, 0.6) is 0 Å². The molecule has 0 heterocycles. The molecule has 0 bridgehead atoms. The lowest BCUT2D eigenvalue weighted by atomic mass is 9.94. The van der Waals surface area contributed by atoms with Gasteiger partial charge < -0.3 is 15.7 Å². The van der Waals surface area contributed by atoms with Gasteiger partial charge in [0.15, 0.2) is 5.96 Å². The summed E-state index contributed by atoms with van der Waals surface area (Å²) < 4.78 is 13.2. The lowest BCUT2D eigenvalue weighted by Gasteiger charge is -2.17. The van der Waals surface area contributed by atoms with Crippen LogP contribution in [0.15, 0.2) is 29.3 Å². The number of hydrogen-bond acceptors (Lipinski definition) is 2. The Balaban J connectivity index is 2.43. The molecular weight excluding hydrogens is 317 g/mol. The van der Waals surface area contributed by atoms with Crippen molar-refractivity contribution < 1.29 is 9.50 Å². The predicted molar refractivity (Wildman–Crippen MR) is 103 cm³/mol. The number of aliphatic hydroxyl groups excluding tert-OH is 1. The lowest BCUT2D eigenvalue weighted by Crippen LogP contribution is -2.38. The maximum absolute atomic E-state index is 13.2. The van der Waals surface area contributed by atoms with Gasteiger partial charge in [-0.1, -0.05) is 26.0 Å². The summed E-state index contributed by atoms with van der Waals surface area (Å²) in [5.74, 6) is 1.65. The van der Waals surface area contributed by atoms with Gasteiger partial charge in [-0.3, -0.25) is 4.99 Å². The maximum Gasteiger partial charge on any atom is 0.191 e. The molecule has 1 aromatic carbocycles. The Morgan fingerprint density at radius 3 is 2.72 bits per heavy atom. The molecule has 3 N–H and O–H groups in total. The highest BCUT2D eigenvalue weighted by molar-refractivity contribution is 5.79. The number of aliphatic imine (C=N–C) groups is 1. The monoisotopic (exact) mass is 351 g/mol. The number of guanidine groups is 1. The molecule has 5 heteroatoms. The van der Waals surface area contributed by atoms with E-state index in [9.17, 15) is 9.50 Å². The summed E-state index contributed by atoms with van der Waals surface area (Å²) in [5.41, 5.74) is 1.02. The molecule has 0 aromatic heterocycles. The van der Waals surface area contributed by atoms with Gasteiger partial charge in [0.25, 0.3) is 0 Å². The molecule has 25 heavy (non-hydrogen) atoms. The van der Waals surface area contributed by atoms with Crippen LogP contribution >= 0.6 is 0 Å². The van der Waals surface area contributed by atoms with Gasteiger partial charge in [-0.2, -0.15) is 0 Å². The van der Waals surface area contributed by atoms with Crippen molar-refractivity contribution >= 4 is 5.96 Å². The lowest BCUT2D eigenvalue weighted by molar-refractivity contribution is 0.245. The zero-order valence-corrected chi connectivity index (χ0v) is 15.9. The molecule has 0 radical (unpaired) electrons. The SMILES string of the molecule is CCNC(=NCC(CCO)CC(C)C)NCCCc1cccc(F)c1. The minimum atomic E-state index is -0.180. The summed E-state index contributed by atoms with van der Waals surface area (Å²) in [4.78, 5) is 4.67. The third kappa shape index (κ3) is 10.1. The van der Waals surface area contributed by atoms with Crippen molar-refractivity contribution in [2.45, 2.75) is 46.5 Å². The number of rotatable bonds is 11. The van der Waals surface area contributed by atoms with E-state index in [1.165, 1.54) is 6.07 Å². The second-order valence-corrected chi connectivity index (χ2v) is 6.89. The molecule has 1 rings (SSSR count). The summed E-state index contributed by atoms with van der Waals surface area (Å²) in [5, 5.41) is 15.8. The van der Waals surface area contributed by atoms with Crippen LogP contribution in [0.1, 0.15) is 45.6 Å². The van der Waals surface area contributed by atoms with Crippen molar-refractivity contribution in [1.29, 1.82) is 0 Å². The van der Waals surface area contributed by atoms with Crippen molar-refractivity contribution in [1.82, 2.24) is 10.6 Å². The first-order chi connectivity index (χ1) is 12.0. The molecule has 0 saturated heterocycles. The van der Waals surface area contributed by atoms with Gasteiger partial charge in [-0.25, -0.2) is 4.39 Å². The predicted octanol–water partition coefficient (Wildman–Crippen LogP) is 3.36. The summed E-state index contributed by atoms with van der Waals surface area (Å²) in [6.45, 7) is 8.97. The Bertz CT molecular complexity index is 505. The summed E-state index contributed by atoms with van der Waals surface area (Å²) in [6.07, 6.45) is 3.62. The second-order valence-electron chi connectivity index (χ2n) is 6.89. The quantitative estimate of drug-likeness (QED) is 0.325. The molecule has 1 atom stereocenters. The number of nitrogens with zero attached hydrogens (tertiary/aromatic N) is 1. The van der Waals surface area contributed by atoms with E-state index in [1.807, 2.05) is 13.0 Å². The zero-order chi connectivity index (χ0) is 18.5. The zero-order valence-electron chi connectivity index (χ0n) is 15.9. The molecule has 0 spiro atoms. The average Bonchev–Trinajstić information content (AvgIpc) is 2.56. The van der Waals surface area contributed by atoms with Crippen LogP contribution in [0.2, 0.25) is 0 Å². The van der Waals surface area contributed by atoms with Crippen molar-refractivity contribution in [2.24, 2.45) is 16.8 Å². The Kier molecular flexibility index (Phi) is 10.9. The minimum absolute atomic E-state index is 0.180. The van der Waals surface area contributed by atoms with Crippen LogP contribution < -0.4 is 10.6 Å². The maximum atomic E-state index is 13.2. The highest BCUT2D eigenvalue weighted by atomic mass is 19.1. The summed E-state index contributed by atoms with van der Waals surface area (Å²) in [6, 6.07) is 6.76. The smallest absolute Gasteiger partial charge is 0.191 e. The van der Waals surface area contributed by atoms with Crippen molar-refractivity contribution in [3.8, 4) is 0 Å². The fourth-order valence-corrected chi connectivity index (χ4v) is 2.89. The number of benzene rings is 1. The Labute approximate surface area is 151 Å². The molecular formula is C20H34FN3O. The molecule has 1 aromatic rings. The standard InChI is InChI=1S/C20H34FN3O/c1-4-22-20(24-15-18(10-12-25)13-16(2)3)23-11-6-8-17-7-5-9-19(21)14-17/h5,7,9,14,16,18,25H,4,6,8,10-13,15H2,1-3H3,(H2,22,23,24). The van der Waals surface area contributed by atoms with Crippen molar-refractivity contribution in [2.75, 3.05) is 26.2 Å². The third-order valence-corrected chi connectivity index (χ3v) is 4.02. The van der Waals surface area contributed by atoms with E-state index in [1.54, 1.807) is 12.1 Å². The van der Waals surface area contributed by atoms with Crippen molar-refractivity contribution in [3.05, 3.63) is 35.6 Å². The molecule has 0 saturated carbocycles. The Hall–Kier alpha value is -1.62. The van der Waals surface area contributed by atoms with Crippen LogP contribution in [-0.4, -0.2) is 37.3 Å². The molecule has 1 unspecified atom stereocenters. The van der Waals surface area contributed by atoms with E-state index in [2.05, 4.69) is 29.5 Å². The fourth-order valence-electron chi connectivity index (χ4n) is 2.89. The van der Waals surface area contributed by atoms with Crippen LogP contribution in [0.25, 0.3) is 0 Å². The molecule has 0 amide bonds. The van der Waals surface area contributed by atoms with Crippen LogP contribution in [0, 0.1) is 17.7 Å². The van der Waals surface area contributed by atoms with Gasteiger partial charge >= 0.3 is 0 Å². The first-order valence-corrected chi connectivity index (χ1v) is 9.42. The van der Waals surface area contributed by atoms with E-state index in [4.69, 9.17) is 0 Å². The van der Waals surface area contributed by atoms with Crippen LogP contribution in [-0.2, 0) is 6.42 Å². The topological polar surface area (TPSA) is 56.7 Å². The molecule has 0 aliphatic heterocycles. The minimum Gasteiger partial charge on any atom is -0.396 e. The van der Waals surface area contributed by atoms with Gasteiger partial charge in [0.2, 0.25) is 0 Å². The highest BCUT2D eigenvalue weighted by Crippen LogP contribution is 2.15. The molecule has 0 aliphatic rings. The molecule has 0 fully saturated rings. The Morgan fingerprint density at radius 1 is 1.28 bits per heavy atom. The normalized spacial score (nSPS) is 13.1. The van der Waals surface area contributed by atoms with E-state index in [0.29, 0.717) is 11.8 Å². The van der Waals surface area contributed by atoms with Gasteiger partial charge in [0.05, 0.1) is 0 Å². The molecule has 142 valence electrons. The summed E-state index contributed by atoms with van der Waals surface area (Å²) in [7, 11) is 0. The third-order valence-electron chi connectivity index (χ3n) is 4.02. The molecule has 0 aliphatic carbocycles. The van der Waals surface area contributed by atoms with E-state index in [-0.39, 0.29) is 12.4 Å². The van der Waals surface area contributed by atoms with Gasteiger partial charge in [0, 0.05) is 26.2 Å². The largest absolute Gasteiger partial charge is 0.396 e. The number of nitrogens with one attached hydrogen (secondary N) is 2. The van der Waals surface area contributed by atoms with E-state index < -0.39 is 0 Å².